The first kappa shape index (κ1) is 14.6. The second-order valence-corrected chi connectivity index (χ2v) is 7.10. The Kier molecular flexibility index (Phi) is 5.02. The Morgan fingerprint density at radius 1 is 1.32 bits per heavy atom. The fourth-order valence-corrected chi connectivity index (χ4v) is 3.42. The van der Waals surface area contributed by atoms with Gasteiger partial charge in [0.05, 0.1) is 10.9 Å². The Hall–Kier alpha value is -0.840. The third-order valence-electron chi connectivity index (χ3n) is 3.07. The first-order chi connectivity index (χ1) is 9.10. The van der Waals surface area contributed by atoms with Crippen molar-refractivity contribution in [2.45, 2.75) is 26.4 Å². The highest BCUT2D eigenvalue weighted by molar-refractivity contribution is 9.11. The number of ether oxygens (including phenoxy) is 1. The summed E-state index contributed by atoms with van der Waals surface area (Å²) in [4.78, 5) is 1.32. The van der Waals surface area contributed by atoms with E-state index in [9.17, 15) is 0 Å². The van der Waals surface area contributed by atoms with Crippen LogP contribution in [0.1, 0.15) is 29.0 Å². The number of halogens is 1. The molecule has 0 aliphatic carbocycles. The summed E-state index contributed by atoms with van der Waals surface area (Å²) in [5.41, 5.74) is 2.42. The molecule has 2 rings (SSSR count). The first-order valence-electron chi connectivity index (χ1n) is 6.22. The molecule has 0 spiro atoms. The molecule has 0 radical (unpaired) electrons. The van der Waals surface area contributed by atoms with Gasteiger partial charge < -0.3 is 10.1 Å². The predicted octanol–water partition coefficient (Wildman–Crippen LogP) is 4.68. The Balaban J connectivity index is 2.05. The molecule has 0 aliphatic heterocycles. The molecule has 4 heteroatoms. The molecular formula is C15H18BrNOS. The van der Waals surface area contributed by atoms with Crippen molar-refractivity contribution in [3.8, 4) is 5.75 Å². The highest BCUT2D eigenvalue weighted by atomic mass is 79.9. The van der Waals surface area contributed by atoms with Crippen LogP contribution in [0, 0.1) is 6.92 Å². The lowest BCUT2D eigenvalue weighted by Gasteiger charge is -2.17. The van der Waals surface area contributed by atoms with Gasteiger partial charge in [-0.25, -0.2) is 0 Å². The zero-order chi connectivity index (χ0) is 13.8. The van der Waals surface area contributed by atoms with E-state index < -0.39 is 0 Å². The van der Waals surface area contributed by atoms with Gasteiger partial charge >= 0.3 is 0 Å². The van der Waals surface area contributed by atoms with Crippen LogP contribution in [0.25, 0.3) is 0 Å². The van der Waals surface area contributed by atoms with Gasteiger partial charge in [-0.2, -0.15) is 0 Å². The second-order valence-electron chi connectivity index (χ2n) is 4.55. The Bertz CT molecular complexity index is 553. The van der Waals surface area contributed by atoms with Crippen molar-refractivity contribution < 1.29 is 4.74 Å². The van der Waals surface area contributed by atoms with Crippen LogP contribution in [0.4, 0.5) is 0 Å². The van der Waals surface area contributed by atoms with Gasteiger partial charge in [-0.3, -0.25) is 0 Å². The topological polar surface area (TPSA) is 21.3 Å². The monoisotopic (exact) mass is 339 g/mol. The van der Waals surface area contributed by atoms with Crippen LogP contribution >= 0.6 is 27.3 Å². The molecule has 1 aromatic carbocycles. The zero-order valence-corrected chi connectivity index (χ0v) is 13.8. The lowest BCUT2D eigenvalue weighted by molar-refractivity contribution is 0.401. The van der Waals surface area contributed by atoms with E-state index in [4.69, 9.17) is 4.74 Å². The van der Waals surface area contributed by atoms with E-state index >= 15 is 0 Å². The summed E-state index contributed by atoms with van der Waals surface area (Å²) in [7, 11) is 1.72. The average Bonchev–Trinajstić information content (AvgIpc) is 2.81. The molecule has 2 nitrogen and oxygen atoms in total. The van der Waals surface area contributed by atoms with Crippen molar-refractivity contribution in [2.24, 2.45) is 0 Å². The minimum absolute atomic E-state index is 0.261. The van der Waals surface area contributed by atoms with Gasteiger partial charge in [-0.05, 0) is 53.5 Å². The molecule has 1 aromatic heterocycles. The second kappa shape index (κ2) is 6.55. The summed E-state index contributed by atoms with van der Waals surface area (Å²) in [5, 5.41) is 3.53. The summed E-state index contributed by atoms with van der Waals surface area (Å²) in [6, 6.07) is 10.8. The quantitative estimate of drug-likeness (QED) is 0.853. The van der Waals surface area contributed by atoms with Gasteiger partial charge in [0.15, 0.2) is 0 Å². The maximum Gasteiger partial charge on any atom is 0.123 e. The van der Waals surface area contributed by atoms with Gasteiger partial charge in [-0.1, -0.05) is 12.1 Å². The molecule has 1 unspecified atom stereocenters. The number of hydrogen-bond donors (Lipinski definition) is 1. The van der Waals surface area contributed by atoms with E-state index in [1.165, 1.54) is 19.8 Å². The van der Waals surface area contributed by atoms with E-state index in [0.717, 1.165) is 12.3 Å². The molecule has 1 atom stereocenters. The minimum atomic E-state index is 0.261. The average molecular weight is 340 g/mol. The summed E-state index contributed by atoms with van der Waals surface area (Å²) in [6.07, 6.45) is 0. The Labute approximate surface area is 126 Å². The van der Waals surface area contributed by atoms with Crippen molar-refractivity contribution >= 4 is 27.3 Å². The van der Waals surface area contributed by atoms with E-state index in [-0.39, 0.29) is 6.04 Å². The molecule has 0 aliphatic rings. The van der Waals surface area contributed by atoms with Crippen LogP contribution in [0.5, 0.6) is 5.75 Å². The van der Waals surface area contributed by atoms with E-state index in [1.807, 2.05) is 0 Å². The van der Waals surface area contributed by atoms with Crippen LogP contribution in [0.3, 0.4) is 0 Å². The normalized spacial score (nSPS) is 12.4. The fraction of sp³-hybridized carbons (Fsp3) is 0.333. The highest BCUT2D eigenvalue weighted by Gasteiger charge is 2.11. The van der Waals surface area contributed by atoms with Crippen LogP contribution in [-0.2, 0) is 6.54 Å². The summed E-state index contributed by atoms with van der Waals surface area (Å²) in [5.74, 6) is 0.951. The molecule has 1 heterocycles. The highest BCUT2D eigenvalue weighted by Crippen LogP contribution is 2.27. The summed E-state index contributed by atoms with van der Waals surface area (Å²) < 4.78 is 6.63. The SMILES string of the molecule is COc1cc(C)ccc1C(C)NCc1ccc(Br)s1. The Morgan fingerprint density at radius 2 is 2.11 bits per heavy atom. The van der Waals surface area contributed by atoms with Gasteiger partial charge in [0, 0.05) is 23.0 Å². The third kappa shape index (κ3) is 3.81. The lowest BCUT2D eigenvalue weighted by Crippen LogP contribution is -2.18. The predicted molar refractivity (Wildman–Crippen MR) is 85.0 cm³/mol. The Morgan fingerprint density at radius 3 is 2.74 bits per heavy atom. The first-order valence-corrected chi connectivity index (χ1v) is 7.83. The van der Waals surface area contributed by atoms with Crippen molar-refractivity contribution in [3.63, 3.8) is 0 Å². The lowest BCUT2D eigenvalue weighted by atomic mass is 10.0. The molecule has 0 saturated heterocycles. The fourth-order valence-electron chi connectivity index (χ4n) is 1.99. The number of aryl methyl sites for hydroxylation is 1. The molecule has 0 fully saturated rings. The van der Waals surface area contributed by atoms with Crippen molar-refractivity contribution in [2.75, 3.05) is 7.11 Å². The van der Waals surface area contributed by atoms with Crippen molar-refractivity contribution in [1.82, 2.24) is 5.32 Å². The molecule has 0 amide bonds. The number of hydrogen-bond acceptors (Lipinski definition) is 3. The summed E-state index contributed by atoms with van der Waals surface area (Å²) in [6.45, 7) is 5.11. The molecule has 102 valence electrons. The zero-order valence-electron chi connectivity index (χ0n) is 11.4. The number of benzene rings is 1. The van der Waals surface area contributed by atoms with Crippen molar-refractivity contribution in [3.05, 3.63) is 50.1 Å². The van der Waals surface area contributed by atoms with Crippen molar-refractivity contribution in [1.29, 1.82) is 0 Å². The minimum Gasteiger partial charge on any atom is -0.496 e. The third-order valence-corrected chi connectivity index (χ3v) is 4.69. The van der Waals surface area contributed by atoms with Gasteiger partial charge in [-0.15, -0.1) is 11.3 Å². The molecule has 1 N–H and O–H groups in total. The van der Waals surface area contributed by atoms with Crippen LogP contribution in [0.2, 0.25) is 0 Å². The maximum absolute atomic E-state index is 5.46. The summed E-state index contributed by atoms with van der Waals surface area (Å²) >= 11 is 5.25. The number of nitrogens with one attached hydrogen (secondary N) is 1. The molecule has 0 saturated carbocycles. The van der Waals surface area contributed by atoms with E-state index in [2.05, 4.69) is 65.4 Å². The smallest absolute Gasteiger partial charge is 0.123 e. The number of methoxy groups -OCH3 is 1. The van der Waals surface area contributed by atoms with Gasteiger partial charge in [0.1, 0.15) is 5.75 Å². The van der Waals surface area contributed by atoms with E-state index in [1.54, 1.807) is 18.4 Å². The van der Waals surface area contributed by atoms with E-state index in [0.29, 0.717) is 0 Å². The van der Waals surface area contributed by atoms with Crippen LogP contribution in [-0.4, -0.2) is 7.11 Å². The molecule has 19 heavy (non-hydrogen) atoms. The molecule has 0 bridgehead atoms. The largest absolute Gasteiger partial charge is 0.496 e. The molecule has 2 aromatic rings. The van der Waals surface area contributed by atoms with Crippen LogP contribution < -0.4 is 10.1 Å². The van der Waals surface area contributed by atoms with Gasteiger partial charge in [0.2, 0.25) is 0 Å². The number of thiophene rings is 1. The van der Waals surface area contributed by atoms with Crippen LogP contribution in [0.15, 0.2) is 34.1 Å². The maximum atomic E-state index is 5.46. The standard InChI is InChI=1S/C15H18BrNOS/c1-10-4-6-13(14(8-10)18-3)11(2)17-9-12-5-7-15(16)19-12/h4-8,11,17H,9H2,1-3H3. The molecular weight excluding hydrogens is 322 g/mol. The number of rotatable bonds is 5. The van der Waals surface area contributed by atoms with Gasteiger partial charge in [0.25, 0.3) is 0 Å².